The smallest absolute Gasteiger partial charge is 0.420 e. The Bertz CT molecular complexity index is 667. The van der Waals surface area contributed by atoms with Crippen LogP contribution in [-0.2, 0) is 9.13 Å². The SMILES string of the molecule is CNCC(O)c1cccc(OP(=O)(O)C(O)(CCCN)P(=O)(O)O)c1. The Hall–Kier alpha value is -0.800. The van der Waals surface area contributed by atoms with E-state index in [1.54, 1.807) is 13.1 Å². The van der Waals surface area contributed by atoms with E-state index in [2.05, 4.69) is 5.32 Å². The zero-order chi connectivity index (χ0) is 19.3. The van der Waals surface area contributed by atoms with Crippen molar-refractivity contribution in [3.05, 3.63) is 29.8 Å². The number of rotatable bonds is 10. The predicted octanol–water partition coefficient (Wildman–Crippen LogP) is 0.0663. The Morgan fingerprint density at radius 2 is 1.96 bits per heavy atom. The van der Waals surface area contributed by atoms with Gasteiger partial charge >= 0.3 is 15.2 Å². The lowest BCUT2D eigenvalue weighted by Crippen LogP contribution is -2.31. The molecule has 1 aromatic carbocycles. The maximum Gasteiger partial charge on any atom is 0.420 e. The number of benzene rings is 1. The number of aliphatic hydroxyl groups excluding tert-OH is 1. The molecule has 144 valence electrons. The molecule has 12 heteroatoms. The van der Waals surface area contributed by atoms with Crippen molar-refractivity contribution >= 4 is 15.2 Å². The highest BCUT2D eigenvalue weighted by Crippen LogP contribution is 2.71. The summed E-state index contributed by atoms with van der Waals surface area (Å²) < 4.78 is 28.9. The number of hydrogen-bond donors (Lipinski definition) is 7. The van der Waals surface area contributed by atoms with Crippen LogP contribution in [0.2, 0.25) is 0 Å². The van der Waals surface area contributed by atoms with Crippen LogP contribution in [-0.4, -0.2) is 50.1 Å². The molecule has 0 heterocycles. The van der Waals surface area contributed by atoms with Crippen molar-refractivity contribution in [3.8, 4) is 5.75 Å². The monoisotopic (exact) mass is 398 g/mol. The molecular weight excluding hydrogens is 374 g/mol. The van der Waals surface area contributed by atoms with Crippen molar-refractivity contribution in [3.63, 3.8) is 0 Å². The second-order valence-corrected chi connectivity index (χ2v) is 9.61. The highest BCUT2D eigenvalue weighted by Gasteiger charge is 2.61. The Morgan fingerprint density at radius 3 is 2.48 bits per heavy atom. The van der Waals surface area contributed by atoms with E-state index in [0.29, 0.717) is 5.56 Å². The number of nitrogens with one attached hydrogen (secondary N) is 1. The van der Waals surface area contributed by atoms with Crippen molar-refractivity contribution in [2.45, 2.75) is 24.0 Å². The van der Waals surface area contributed by atoms with Gasteiger partial charge in [0.15, 0.2) is 0 Å². The lowest BCUT2D eigenvalue weighted by molar-refractivity contribution is 0.123. The first-order valence-corrected chi connectivity index (χ1v) is 10.6. The molecule has 0 spiro atoms. The fraction of sp³-hybridized carbons (Fsp3) is 0.538. The maximum atomic E-state index is 12.4. The molecule has 0 saturated heterocycles. The number of aliphatic hydroxyl groups is 2. The number of nitrogens with two attached hydrogens (primary N) is 1. The summed E-state index contributed by atoms with van der Waals surface area (Å²) in [5.74, 6) is -0.224. The van der Waals surface area contributed by atoms with Crippen molar-refractivity contribution < 1.29 is 38.5 Å². The van der Waals surface area contributed by atoms with Gasteiger partial charge in [-0.3, -0.25) is 4.57 Å². The van der Waals surface area contributed by atoms with Crippen molar-refractivity contribution in [1.29, 1.82) is 0 Å². The highest BCUT2D eigenvalue weighted by atomic mass is 31.2. The van der Waals surface area contributed by atoms with Gasteiger partial charge in [-0.15, -0.1) is 0 Å². The van der Waals surface area contributed by atoms with E-state index >= 15 is 0 Å². The average Bonchev–Trinajstić information content (AvgIpc) is 2.51. The lowest BCUT2D eigenvalue weighted by atomic mass is 10.1. The van der Waals surface area contributed by atoms with Gasteiger partial charge < -0.3 is 40.5 Å². The van der Waals surface area contributed by atoms with Crippen LogP contribution in [0, 0.1) is 0 Å². The molecule has 0 aliphatic rings. The van der Waals surface area contributed by atoms with E-state index in [1.807, 2.05) is 0 Å². The third-order valence-electron chi connectivity index (χ3n) is 3.50. The first-order chi connectivity index (χ1) is 11.5. The third kappa shape index (κ3) is 5.34. The van der Waals surface area contributed by atoms with Crippen LogP contribution in [0.15, 0.2) is 24.3 Å². The zero-order valence-electron chi connectivity index (χ0n) is 13.6. The molecule has 3 atom stereocenters. The maximum absolute atomic E-state index is 12.4. The quantitative estimate of drug-likeness (QED) is 0.266. The Kier molecular flexibility index (Phi) is 7.76. The Morgan fingerprint density at radius 1 is 1.32 bits per heavy atom. The summed E-state index contributed by atoms with van der Waals surface area (Å²) >= 11 is 0. The van der Waals surface area contributed by atoms with E-state index in [1.165, 1.54) is 18.2 Å². The van der Waals surface area contributed by atoms with Crippen LogP contribution in [0.3, 0.4) is 0 Å². The summed E-state index contributed by atoms with van der Waals surface area (Å²) in [4.78, 5) is 28.8. The molecule has 0 aliphatic carbocycles. The molecule has 0 aromatic heterocycles. The largest absolute Gasteiger partial charge is 0.422 e. The summed E-state index contributed by atoms with van der Waals surface area (Å²) in [6.07, 6.45) is -1.75. The van der Waals surface area contributed by atoms with Crippen LogP contribution in [0.25, 0.3) is 0 Å². The lowest BCUT2D eigenvalue weighted by Gasteiger charge is -2.32. The van der Waals surface area contributed by atoms with Crippen LogP contribution in [0.5, 0.6) is 5.75 Å². The van der Waals surface area contributed by atoms with E-state index in [4.69, 9.17) is 10.3 Å². The molecule has 3 unspecified atom stereocenters. The molecule has 0 amide bonds. The van der Waals surface area contributed by atoms with Crippen LogP contribution in [0.1, 0.15) is 24.5 Å². The summed E-state index contributed by atoms with van der Waals surface area (Å²) in [7, 11) is -9.00. The molecule has 10 nitrogen and oxygen atoms in total. The van der Waals surface area contributed by atoms with Crippen molar-refractivity contribution in [2.24, 2.45) is 5.73 Å². The minimum Gasteiger partial charge on any atom is -0.422 e. The summed E-state index contributed by atoms with van der Waals surface area (Å²) in [5, 5.41) is 19.6. The molecule has 25 heavy (non-hydrogen) atoms. The summed E-state index contributed by atoms with van der Waals surface area (Å²) in [6, 6.07) is 5.48. The molecule has 0 fully saturated rings. The van der Waals surface area contributed by atoms with Gasteiger partial charge in [0.2, 0.25) is 0 Å². The van der Waals surface area contributed by atoms with Crippen LogP contribution in [0.4, 0.5) is 0 Å². The molecule has 0 radical (unpaired) electrons. The summed E-state index contributed by atoms with van der Waals surface area (Å²) in [6.45, 7) is 0.164. The van der Waals surface area contributed by atoms with Gasteiger partial charge in [0.05, 0.1) is 6.10 Å². The molecule has 1 aromatic rings. The molecule has 1 rings (SSSR count). The van der Waals surface area contributed by atoms with E-state index in [9.17, 15) is 34.0 Å². The van der Waals surface area contributed by atoms with Crippen molar-refractivity contribution in [1.82, 2.24) is 5.32 Å². The van der Waals surface area contributed by atoms with Crippen LogP contribution < -0.4 is 15.6 Å². The summed E-state index contributed by atoms with van der Waals surface area (Å²) in [5.41, 5.74) is 5.60. The normalized spacial score (nSPS) is 18.2. The Labute approximate surface area is 145 Å². The highest BCUT2D eigenvalue weighted by molar-refractivity contribution is 7.72. The fourth-order valence-corrected chi connectivity index (χ4v) is 4.97. The minimum atomic E-state index is -5.42. The van der Waals surface area contributed by atoms with E-state index in [-0.39, 0.29) is 25.3 Å². The van der Waals surface area contributed by atoms with Gasteiger partial charge in [0.1, 0.15) is 5.75 Å². The average molecular weight is 398 g/mol. The van der Waals surface area contributed by atoms with Gasteiger partial charge in [-0.2, -0.15) is 0 Å². The van der Waals surface area contributed by atoms with Crippen LogP contribution >= 0.6 is 15.2 Å². The third-order valence-corrected chi connectivity index (χ3v) is 7.79. The number of hydrogen-bond acceptors (Lipinski definition) is 7. The van der Waals surface area contributed by atoms with Gasteiger partial charge in [-0.05, 0) is 37.7 Å². The van der Waals surface area contributed by atoms with Gasteiger partial charge in [0.25, 0.3) is 5.08 Å². The molecule has 0 bridgehead atoms. The first kappa shape index (κ1) is 22.2. The molecular formula is C13H24N2O8P2. The van der Waals surface area contributed by atoms with Gasteiger partial charge in [0, 0.05) is 13.0 Å². The van der Waals surface area contributed by atoms with Gasteiger partial charge in [-0.25, -0.2) is 4.57 Å². The first-order valence-electron chi connectivity index (χ1n) is 7.41. The molecule has 0 aliphatic heterocycles. The van der Waals surface area contributed by atoms with E-state index in [0.717, 1.165) is 0 Å². The fourth-order valence-electron chi connectivity index (χ4n) is 2.10. The molecule has 0 saturated carbocycles. The Balaban J connectivity index is 3.15. The predicted molar refractivity (Wildman–Crippen MR) is 91.1 cm³/mol. The number of likely N-dealkylation sites (N-methyl/N-ethyl adjacent to an activating group) is 1. The second-order valence-electron chi connectivity index (χ2n) is 5.47. The standard InChI is InChI=1S/C13H24N2O8P2/c1-15-9-12(16)10-4-2-5-11(8-10)23-25(21,22)13(17,6-3-7-14)24(18,19)20/h2,4-5,8,12,15-17H,3,6-7,9,14H2,1H3,(H,21,22)(H2,18,19,20). The van der Waals surface area contributed by atoms with Crippen molar-refractivity contribution in [2.75, 3.05) is 20.1 Å². The molecule has 8 N–H and O–H groups in total. The topological polar surface area (TPSA) is 183 Å². The second kappa shape index (κ2) is 8.73. The van der Waals surface area contributed by atoms with E-state index < -0.39 is 32.8 Å². The zero-order valence-corrected chi connectivity index (χ0v) is 15.4. The van der Waals surface area contributed by atoms with Gasteiger partial charge in [-0.1, -0.05) is 12.1 Å². The minimum absolute atomic E-state index is 0.0476.